The van der Waals surface area contributed by atoms with Crippen molar-refractivity contribution >= 4 is 17.4 Å². The number of methoxy groups -OCH3 is 1. The smallest absolute Gasteiger partial charge is 0.295 e. The van der Waals surface area contributed by atoms with Crippen LogP contribution in [0.5, 0.6) is 17.2 Å². The van der Waals surface area contributed by atoms with Crippen molar-refractivity contribution in [2.24, 2.45) is 0 Å². The molecule has 2 heterocycles. The van der Waals surface area contributed by atoms with Gasteiger partial charge in [0.1, 0.15) is 18.1 Å². The van der Waals surface area contributed by atoms with Gasteiger partial charge >= 0.3 is 0 Å². The monoisotopic (exact) mass is 536 g/mol. The van der Waals surface area contributed by atoms with E-state index < -0.39 is 17.7 Å². The van der Waals surface area contributed by atoms with Gasteiger partial charge in [0.15, 0.2) is 11.5 Å². The van der Waals surface area contributed by atoms with Crippen LogP contribution in [0.1, 0.15) is 33.9 Å². The van der Waals surface area contributed by atoms with Crippen molar-refractivity contribution in [3.8, 4) is 17.2 Å². The van der Waals surface area contributed by atoms with E-state index in [-0.39, 0.29) is 29.4 Å². The van der Waals surface area contributed by atoms with Crippen molar-refractivity contribution in [3.05, 3.63) is 125 Å². The number of amides is 1. The topological polar surface area (TPSA) is 109 Å². The number of pyridine rings is 1. The number of aromatic nitrogens is 1. The molecule has 1 aromatic heterocycles. The number of Topliss-reactive ketones (excluding diaryl/α,β-unsaturated/α-hetero) is 1. The van der Waals surface area contributed by atoms with E-state index in [1.54, 1.807) is 60.9 Å². The van der Waals surface area contributed by atoms with Gasteiger partial charge in [0, 0.05) is 24.5 Å². The van der Waals surface area contributed by atoms with Gasteiger partial charge in [-0.25, -0.2) is 0 Å². The Labute approximate surface area is 231 Å². The maximum atomic E-state index is 13.3. The largest absolute Gasteiger partial charge is 0.507 e. The molecule has 0 spiro atoms. The number of aliphatic hydroxyl groups excluding tert-OH is 1. The Balaban J connectivity index is 1.50. The highest BCUT2D eigenvalue weighted by atomic mass is 16.5. The summed E-state index contributed by atoms with van der Waals surface area (Å²) in [6, 6.07) is 21.9. The Morgan fingerprint density at radius 2 is 1.75 bits per heavy atom. The van der Waals surface area contributed by atoms with E-state index in [0.717, 1.165) is 16.7 Å². The predicted molar refractivity (Wildman–Crippen MR) is 149 cm³/mol. The van der Waals surface area contributed by atoms with E-state index in [1.165, 1.54) is 18.1 Å². The van der Waals surface area contributed by atoms with Crippen molar-refractivity contribution in [1.29, 1.82) is 0 Å². The van der Waals surface area contributed by atoms with E-state index in [0.29, 0.717) is 23.5 Å². The molecule has 3 aromatic carbocycles. The van der Waals surface area contributed by atoms with Gasteiger partial charge in [0.2, 0.25) is 0 Å². The normalized spacial score (nSPS) is 16.2. The van der Waals surface area contributed by atoms with Gasteiger partial charge in [-0.15, -0.1) is 0 Å². The molecule has 5 rings (SSSR count). The Hall–Kier alpha value is -5.11. The second-order valence-corrected chi connectivity index (χ2v) is 9.52. The minimum absolute atomic E-state index is 0.0601. The van der Waals surface area contributed by atoms with Crippen molar-refractivity contribution in [2.45, 2.75) is 26.1 Å². The van der Waals surface area contributed by atoms with Crippen LogP contribution in [-0.4, -0.2) is 38.9 Å². The molecule has 4 aromatic rings. The van der Waals surface area contributed by atoms with E-state index in [9.17, 15) is 19.8 Å². The quantitative estimate of drug-likeness (QED) is 0.179. The highest BCUT2D eigenvalue weighted by Crippen LogP contribution is 2.42. The summed E-state index contributed by atoms with van der Waals surface area (Å²) in [5.74, 6) is -1.18. The molecule has 0 saturated carbocycles. The first-order valence-electron chi connectivity index (χ1n) is 12.7. The summed E-state index contributed by atoms with van der Waals surface area (Å²) >= 11 is 0. The van der Waals surface area contributed by atoms with Crippen LogP contribution in [0.2, 0.25) is 0 Å². The summed E-state index contributed by atoms with van der Waals surface area (Å²) in [6.45, 7) is 2.49. The third kappa shape index (κ3) is 5.37. The molecule has 1 atom stereocenters. The molecule has 0 radical (unpaired) electrons. The summed E-state index contributed by atoms with van der Waals surface area (Å²) in [6.07, 6.45) is 3.23. The number of likely N-dealkylation sites (tertiary alicyclic amines) is 1. The fourth-order valence-electron chi connectivity index (χ4n) is 4.78. The highest BCUT2D eigenvalue weighted by Gasteiger charge is 2.46. The SMILES string of the molecule is COc1cc(C2/C(=C(/O)c3ccc(OCc4cccc(C)c4)cc3)C(=O)C(=O)N2Cc2cccnc2)ccc1O. The first kappa shape index (κ1) is 26.5. The van der Waals surface area contributed by atoms with Crippen LogP contribution in [-0.2, 0) is 22.7 Å². The van der Waals surface area contributed by atoms with Gasteiger partial charge in [-0.05, 0) is 66.1 Å². The highest BCUT2D eigenvalue weighted by molar-refractivity contribution is 6.46. The number of aromatic hydroxyl groups is 1. The summed E-state index contributed by atoms with van der Waals surface area (Å²) in [5, 5.41) is 21.5. The fraction of sp³-hybridized carbons (Fsp3) is 0.156. The number of ketones is 1. The van der Waals surface area contributed by atoms with Gasteiger partial charge < -0.3 is 24.6 Å². The Morgan fingerprint density at radius 3 is 2.45 bits per heavy atom. The number of carbonyl (C=O) groups excluding carboxylic acids is 2. The summed E-state index contributed by atoms with van der Waals surface area (Å²) < 4.78 is 11.2. The van der Waals surface area contributed by atoms with Crippen molar-refractivity contribution in [3.63, 3.8) is 0 Å². The third-order valence-electron chi connectivity index (χ3n) is 6.75. The maximum absolute atomic E-state index is 13.3. The van der Waals surface area contributed by atoms with Crippen LogP contribution < -0.4 is 9.47 Å². The molecule has 8 heteroatoms. The lowest BCUT2D eigenvalue weighted by molar-refractivity contribution is -0.140. The summed E-state index contributed by atoms with van der Waals surface area (Å²) in [7, 11) is 1.41. The minimum Gasteiger partial charge on any atom is -0.507 e. The number of rotatable bonds is 8. The number of hydrogen-bond donors (Lipinski definition) is 2. The molecular formula is C32H28N2O6. The first-order chi connectivity index (χ1) is 19.4. The van der Waals surface area contributed by atoms with E-state index in [2.05, 4.69) is 4.98 Å². The average molecular weight is 537 g/mol. The van der Waals surface area contributed by atoms with Gasteiger partial charge in [-0.1, -0.05) is 42.0 Å². The van der Waals surface area contributed by atoms with Gasteiger partial charge in [0.25, 0.3) is 11.7 Å². The number of aryl methyl sites for hydroxylation is 1. The molecule has 8 nitrogen and oxygen atoms in total. The van der Waals surface area contributed by atoms with Gasteiger partial charge in [-0.3, -0.25) is 14.6 Å². The molecule has 1 fully saturated rings. The molecule has 1 amide bonds. The number of nitrogens with zero attached hydrogens (tertiary/aromatic N) is 2. The van der Waals surface area contributed by atoms with Crippen LogP contribution in [0.25, 0.3) is 5.76 Å². The zero-order valence-corrected chi connectivity index (χ0v) is 22.1. The van der Waals surface area contributed by atoms with Crippen LogP contribution in [0.3, 0.4) is 0 Å². The van der Waals surface area contributed by atoms with Gasteiger partial charge in [-0.2, -0.15) is 0 Å². The number of phenolic OH excluding ortho intramolecular Hbond substituents is 1. The number of benzene rings is 3. The molecule has 202 valence electrons. The molecule has 40 heavy (non-hydrogen) atoms. The molecule has 1 unspecified atom stereocenters. The number of ether oxygens (including phenoxy) is 2. The predicted octanol–water partition coefficient (Wildman–Crippen LogP) is 5.31. The molecule has 0 aliphatic carbocycles. The van der Waals surface area contributed by atoms with Crippen LogP contribution in [0.15, 0.2) is 96.8 Å². The molecule has 1 aliphatic heterocycles. The molecule has 0 bridgehead atoms. The standard InChI is InChI=1S/C32H28N2O6/c1-20-5-3-6-21(15-20)19-40-25-11-8-23(9-12-25)30(36)28-29(24-10-13-26(35)27(16-24)39-2)34(32(38)31(28)37)18-22-7-4-14-33-17-22/h3-17,29,35-36H,18-19H2,1-2H3/b30-28-. The zero-order valence-electron chi connectivity index (χ0n) is 22.1. The minimum atomic E-state index is -0.924. The number of phenols is 1. The lowest BCUT2D eigenvalue weighted by atomic mass is 9.95. The Bertz CT molecular complexity index is 1580. The first-order valence-corrected chi connectivity index (χ1v) is 12.7. The van der Waals surface area contributed by atoms with Crippen molar-refractivity contribution in [1.82, 2.24) is 9.88 Å². The number of aliphatic hydroxyl groups is 1. The Morgan fingerprint density at radius 1 is 0.975 bits per heavy atom. The number of carbonyl (C=O) groups is 2. The lowest BCUT2D eigenvalue weighted by Crippen LogP contribution is -2.29. The third-order valence-corrected chi connectivity index (χ3v) is 6.75. The van der Waals surface area contributed by atoms with Gasteiger partial charge in [0.05, 0.1) is 18.7 Å². The van der Waals surface area contributed by atoms with Crippen LogP contribution in [0.4, 0.5) is 0 Å². The zero-order chi connectivity index (χ0) is 28.2. The fourth-order valence-corrected chi connectivity index (χ4v) is 4.78. The van der Waals surface area contributed by atoms with E-state index in [4.69, 9.17) is 9.47 Å². The number of hydrogen-bond acceptors (Lipinski definition) is 7. The second kappa shape index (κ2) is 11.3. The second-order valence-electron chi connectivity index (χ2n) is 9.52. The maximum Gasteiger partial charge on any atom is 0.295 e. The Kier molecular flexibility index (Phi) is 7.50. The van der Waals surface area contributed by atoms with E-state index >= 15 is 0 Å². The molecule has 1 saturated heterocycles. The average Bonchev–Trinajstić information content (AvgIpc) is 3.22. The lowest BCUT2D eigenvalue weighted by Gasteiger charge is -2.25. The van der Waals surface area contributed by atoms with Crippen molar-refractivity contribution in [2.75, 3.05) is 7.11 Å². The van der Waals surface area contributed by atoms with Crippen LogP contribution >= 0.6 is 0 Å². The molecular weight excluding hydrogens is 508 g/mol. The molecule has 2 N–H and O–H groups in total. The molecule has 1 aliphatic rings. The van der Waals surface area contributed by atoms with E-state index in [1.807, 2.05) is 31.2 Å². The summed E-state index contributed by atoms with van der Waals surface area (Å²) in [5.41, 5.74) is 3.69. The summed E-state index contributed by atoms with van der Waals surface area (Å²) in [4.78, 5) is 32.1. The van der Waals surface area contributed by atoms with Crippen molar-refractivity contribution < 1.29 is 29.3 Å². The van der Waals surface area contributed by atoms with Crippen LogP contribution in [0, 0.1) is 6.92 Å².